The maximum atomic E-state index is 11.6. The number of amides is 1. The van der Waals surface area contributed by atoms with Crippen molar-refractivity contribution in [2.75, 3.05) is 32.7 Å². The summed E-state index contributed by atoms with van der Waals surface area (Å²) in [4.78, 5) is 14.1. The van der Waals surface area contributed by atoms with E-state index in [9.17, 15) is 4.79 Å². The fourth-order valence-corrected chi connectivity index (χ4v) is 2.20. The molecule has 3 N–H and O–H groups in total. The van der Waals surface area contributed by atoms with Crippen molar-refractivity contribution in [3.05, 3.63) is 0 Å². The molecule has 19 heavy (non-hydrogen) atoms. The maximum Gasteiger partial charge on any atom is 0.224 e. The van der Waals surface area contributed by atoms with Gasteiger partial charge in [0.15, 0.2) is 0 Å². The highest BCUT2D eigenvalue weighted by atomic mass is 35.5. The molecule has 1 fully saturated rings. The largest absolute Gasteiger partial charge is 0.356 e. The lowest BCUT2D eigenvalue weighted by atomic mass is 10.1. The van der Waals surface area contributed by atoms with E-state index < -0.39 is 0 Å². The number of halogens is 2. The van der Waals surface area contributed by atoms with Crippen LogP contribution in [0.5, 0.6) is 0 Å². The summed E-state index contributed by atoms with van der Waals surface area (Å²) in [6.07, 6.45) is 4.02. The first-order valence-corrected chi connectivity index (χ1v) is 6.83. The lowest BCUT2D eigenvalue weighted by molar-refractivity contribution is -0.124. The highest BCUT2D eigenvalue weighted by molar-refractivity contribution is 5.85. The van der Waals surface area contributed by atoms with E-state index in [1.165, 1.54) is 32.4 Å². The molecule has 2 atom stereocenters. The Labute approximate surface area is 129 Å². The molecule has 2 unspecified atom stereocenters. The van der Waals surface area contributed by atoms with Crippen LogP contribution in [-0.2, 0) is 4.79 Å². The molecule has 4 nitrogen and oxygen atoms in total. The highest BCUT2D eigenvalue weighted by Crippen LogP contribution is 2.10. The second-order valence-electron chi connectivity index (χ2n) is 5.35. The van der Waals surface area contributed by atoms with E-state index >= 15 is 0 Å². The first kappa shape index (κ1) is 21.3. The van der Waals surface area contributed by atoms with E-state index in [2.05, 4.69) is 17.1 Å². The Hall–Kier alpha value is -0.0300. The molecular formula is C13H29Cl2N3O. The van der Waals surface area contributed by atoms with Gasteiger partial charge in [-0.25, -0.2) is 0 Å². The van der Waals surface area contributed by atoms with Crippen molar-refractivity contribution in [3.63, 3.8) is 0 Å². The Balaban J connectivity index is 0. The molecule has 1 amide bonds. The summed E-state index contributed by atoms with van der Waals surface area (Å²) >= 11 is 0. The number of piperidine rings is 1. The van der Waals surface area contributed by atoms with Crippen molar-refractivity contribution < 1.29 is 4.79 Å². The fourth-order valence-electron chi connectivity index (χ4n) is 2.20. The van der Waals surface area contributed by atoms with Crippen molar-refractivity contribution in [1.29, 1.82) is 0 Å². The molecule has 0 spiro atoms. The van der Waals surface area contributed by atoms with Gasteiger partial charge in [0.1, 0.15) is 0 Å². The number of nitrogens with one attached hydrogen (secondary N) is 1. The zero-order chi connectivity index (χ0) is 12.7. The third-order valence-corrected chi connectivity index (χ3v) is 3.44. The van der Waals surface area contributed by atoms with Gasteiger partial charge in [0.2, 0.25) is 5.91 Å². The summed E-state index contributed by atoms with van der Waals surface area (Å²) in [7, 11) is 0. The first-order valence-electron chi connectivity index (χ1n) is 6.83. The zero-order valence-corrected chi connectivity index (χ0v) is 13.7. The first-order chi connectivity index (χ1) is 8.13. The van der Waals surface area contributed by atoms with E-state index in [0.717, 1.165) is 13.1 Å². The molecular weight excluding hydrogens is 285 g/mol. The topological polar surface area (TPSA) is 58.4 Å². The van der Waals surface area contributed by atoms with Crippen LogP contribution in [0.2, 0.25) is 0 Å². The molecule has 1 rings (SSSR count). The normalized spacial score (nSPS) is 18.7. The van der Waals surface area contributed by atoms with Crippen LogP contribution < -0.4 is 11.1 Å². The monoisotopic (exact) mass is 313 g/mol. The lowest BCUT2D eigenvalue weighted by Crippen LogP contribution is -2.40. The Morgan fingerprint density at radius 1 is 1.21 bits per heavy atom. The number of nitrogens with zero attached hydrogens (tertiary/aromatic N) is 1. The number of hydrogen-bond donors (Lipinski definition) is 2. The van der Waals surface area contributed by atoms with Crippen molar-refractivity contribution in [3.8, 4) is 0 Å². The van der Waals surface area contributed by atoms with Crippen molar-refractivity contribution in [2.45, 2.75) is 33.1 Å². The van der Waals surface area contributed by atoms with Gasteiger partial charge in [-0.15, -0.1) is 24.8 Å². The van der Waals surface area contributed by atoms with Gasteiger partial charge >= 0.3 is 0 Å². The molecule has 1 aliphatic heterocycles. The van der Waals surface area contributed by atoms with E-state index in [1.807, 2.05) is 6.92 Å². The van der Waals surface area contributed by atoms with Gasteiger partial charge in [0, 0.05) is 25.6 Å². The molecule has 0 aromatic heterocycles. The SMILES string of the molecule is CC(CNC(=O)C(C)CN)CN1CCCCC1.Cl.Cl. The molecule has 0 aliphatic carbocycles. The van der Waals surface area contributed by atoms with Crippen LogP contribution in [0.25, 0.3) is 0 Å². The molecule has 0 bridgehead atoms. The van der Waals surface area contributed by atoms with Crippen LogP contribution in [0.15, 0.2) is 0 Å². The number of hydrogen-bond acceptors (Lipinski definition) is 3. The third kappa shape index (κ3) is 8.69. The summed E-state index contributed by atoms with van der Waals surface area (Å²) in [5, 5.41) is 2.98. The van der Waals surface area contributed by atoms with Crippen LogP contribution in [0.3, 0.4) is 0 Å². The summed E-state index contributed by atoms with van der Waals surface area (Å²) in [5.41, 5.74) is 5.46. The van der Waals surface area contributed by atoms with Crippen LogP contribution >= 0.6 is 24.8 Å². The molecule has 116 valence electrons. The van der Waals surface area contributed by atoms with Gasteiger partial charge in [-0.2, -0.15) is 0 Å². The molecule has 0 radical (unpaired) electrons. The molecule has 1 heterocycles. The van der Waals surface area contributed by atoms with Gasteiger partial charge in [0.05, 0.1) is 0 Å². The number of likely N-dealkylation sites (tertiary alicyclic amines) is 1. The van der Waals surface area contributed by atoms with Gasteiger partial charge in [-0.05, 0) is 31.8 Å². The van der Waals surface area contributed by atoms with E-state index in [1.54, 1.807) is 0 Å². The molecule has 1 aliphatic rings. The molecule has 1 saturated heterocycles. The number of rotatable bonds is 6. The predicted molar refractivity (Wildman–Crippen MR) is 85.2 cm³/mol. The number of carbonyl (C=O) groups excluding carboxylic acids is 1. The fraction of sp³-hybridized carbons (Fsp3) is 0.923. The average Bonchev–Trinajstić information content (AvgIpc) is 2.36. The van der Waals surface area contributed by atoms with Gasteiger partial charge in [-0.1, -0.05) is 20.3 Å². The van der Waals surface area contributed by atoms with Crippen molar-refractivity contribution in [2.24, 2.45) is 17.6 Å². The predicted octanol–water partition coefficient (Wildman–Crippen LogP) is 1.66. The second-order valence-corrected chi connectivity index (χ2v) is 5.35. The van der Waals surface area contributed by atoms with Crippen LogP contribution in [-0.4, -0.2) is 43.5 Å². The molecule has 0 aromatic rings. The molecule has 0 saturated carbocycles. The zero-order valence-electron chi connectivity index (χ0n) is 12.1. The number of nitrogens with two attached hydrogens (primary N) is 1. The lowest BCUT2D eigenvalue weighted by Gasteiger charge is -2.29. The summed E-state index contributed by atoms with van der Waals surface area (Å²) in [5.74, 6) is 0.525. The van der Waals surface area contributed by atoms with E-state index in [-0.39, 0.29) is 36.6 Å². The smallest absolute Gasteiger partial charge is 0.224 e. The van der Waals surface area contributed by atoms with E-state index in [4.69, 9.17) is 5.73 Å². The minimum absolute atomic E-state index is 0. The van der Waals surface area contributed by atoms with Crippen LogP contribution in [0.1, 0.15) is 33.1 Å². The van der Waals surface area contributed by atoms with Gasteiger partial charge in [0.25, 0.3) is 0 Å². The standard InChI is InChI=1S/C13H27N3O.2ClH/c1-11(9-15-13(17)12(2)8-14)10-16-6-4-3-5-7-16;;/h11-12H,3-10,14H2,1-2H3,(H,15,17);2*1H. The average molecular weight is 314 g/mol. The summed E-state index contributed by atoms with van der Waals surface area (Å²) < 4.78 is 0. The Morgan fingerprint density at radius 3 is 2.32 bits per heavy atom. The summed E-state index contributed by atoms with van der Waals surface area (Å²) in [6.45, 7) is 8.78. The maximum absolute atomic E-state index is 11.6. The molecule has 0 aromatic carbocycles. The third-order valence-electron chi connectivity index (χ3n) is 3.44. The Kier molecular flexibility index (Phi) is 13.2. The van der Waals surface area contributed by atoms with Gasteiger partial charge < -0.3 is 16.0 Å². The van der Waals surface area contributed by atoms with Crippen molar-refractivity contribution >= 4 is 30.7 Å². The van der Waals surface area contributed by atoms with Crippen molar-refractivity contribution in [1.82, 2.24) is 10.2 Å². The summed E-state index contributed by atoms with van der Waals surface area (Å²) in [6, 6.07) is 0. The Bertz CT molecular complexity index is 236. The highest BCUT2D eigenvalue weighted by Gasteiger charge is 2.15. The quantitative estimate of drug-likeness (QED) is 0.784. The van der Waals surface area contributed by atoms with Gasteiger partial charge in [-0.3, -0.25) is 4.79 Å². The number of carbonyl (C=O) groups is 1. The van der Waals surface area contributed by atoms with Crippen LogP contribution in [0.4, 0.5) is 0 Å². The Morgan fingerprint density at radius 2 is 1.79 bits per heavy atom. The molecule has 6 heteroatoms. The minimum atomic E-state index is -0.0720. The minimum Gasteiger partial charge on any atom is -0.356 e. The van der Waals surface area contributed by atoms with E-state index in [0.29, 0.717) is 12.5 Å². The van der Waals surface area contributed by atoms with Crippen LogP contribution in [0, 0.1) is 11.8 Å². The second kappa shape index (κ2) is 11.8.